The molecule has 4 nitrogen and oxygen atoms in total. The summed E-state index contributed by atoms with van der Waals surface area (Å²) in [4.78, 5) is 2.23. The third-order valence-corrected chi connectivity index (χ3v) is 5.30. The predicted octanol–water partition coefficient (Wildman–Crippen LogP) is 3.48. The van der Waals surface area contributed by atoms with E-state index in [1.165, 1.54) is 18.3 Å². The van der Waals surface area contributed by atoms with E-state index in [0.717, 1.165) is 5.56 Å². The van der Waals surface area contributed by atoms with Crippen LogP contribution >= 0.6 is 23.2 Å². The van der Waals surface area contributed by atoms with Crippen LogP contribution in [0.25, 0.3) is 0 Å². The maximum absolute atomic E-state index is 12.0. The molecule has 112 valence electrons. The van der Waals surface area contributed by atoms with Crippen molar-refractivity contribution in [3.05, 3.63) is 29.8 Å². The second kappa shape index (κ2) is 5.92. The highest BCUT2D eigenvalue weighted by molar-refractivity contribution is 7.89. The van der Waals surface area contributed by atoms with E-state index in [-0.39, 0.29) is 4.90 Å². The summed E-state index contributed by atoms with van der Waals surface area (Å²) in [5.74, 6) is 0. The zero-order valence-electron chi connectivity index (χ0n) is 11.8. The molecule has 0 saturated carbocycles. The Hall–Kier alpha value is -0.780. The third-order valence-electron chi connectivity index (χ3n) is 2.73. The quantitative estimate of drug-likeness (QED) is 0.519. The Morgan fingerprint density at radius 2 is 1.65 bits per heavy atom. The first kappa shape index (κ1) is 17.3. The molecule has 0 amide bonds. The van der Waals surface area contributed by atoms with Gasteiger partial charge in [-0.3, -0.25) is 0 Å². The molecule has 0 aliphatic rings. The average molecular weight is 337 g/mol. The van der Waals surface area contributed by atoms with Crippen molar-refractivity contribution in [2.45, 2.75) is 36.9 Å². The fourth-order valence-corrected chi connectivity index (χ4v) is 2.03. The fraction of sp³-hybridized carbons (Fsp3) is 0.462. The minimum Gasteiger partial charge on any atom is -0.200 e. The number of hydrogen-bond acceptors (Lipinski definition) is 3. The van der Waals surface area contributed by atoms with Crippen molar-refractivity contribution in [3.63, 3.8) is 0 Å². The van der Waals surface area contributed by atoms with Gasteiger partial charge in [0.05, 0.1) is 11.1 Å². The first-order valence-corrected chi connectivity index (χ1v) is 8.20. The van der Waals surface area contributed by atoms with Crippen LogP contribution in [0.2, 0.25) is 0 Å². The van der Waals surface area contributed by atoms with Gasteiger partial charge in [0.25, 0.3) is 10.0 Å². The number of hydrogen-bond donors (Lipinski definition) is 1. The Kier molecular flexibility index (Phi) is 5.11. The van der Waals surface area contributed by atoms with E-state index in [2.05, 4.69) is 9.93 Å². The van der Waals surface area contributed by atoms with E-state index in [0.29, 0.717) is 0 Å². The smallest absolute Gasteiger partial charge is 0.200 e. The summed E-state index contributed by atoms with van der Waals surface area (Å²) in [7, 11) is -3.71. The number of halogens is 2. The summed E-state index contributed by atoms with van der Waals surface area (Å²) >= 11 is 12.2. The second-order valence-corrected chi connectivity index (χ2v) is 8.59. The van der Waals surface area contributed by atoms with E-state index < -0.39 is 19.8 Å². The normalized spacial score (nSPS) is 13.7. The maximum Gasteiger partial charge on any atom is 0.276 e. The van der Waals surface area contributed by atoms with Gasteiger partial charge in [0.2, 0.25) is 0 Å². The lowest BCUT2D eigenvalue weighted by Gasteiger charge is -2.29. The van der Waals surface area contributed by atoms with E-state index in [9.17, 15) is 8.42 Å². The second-order valence-electron chi connectivity index (χ2n) is 5.54. The minimum absolute atomic E-state index is 0.130. The van der Waals surface area contributed by atoms with Gasteiger partial charge in [0.1, 0.15) is 0 Å². The molecular formula is C13H18Cl2N2O2S. The number of benzene rings is 1. The maximum atomic E-state index is 12.0. The highest BCUT2D eigenvalue weighted by atomic mass is 35.5. The highest BCUT2D eigenvalue weighted by Crippen LogP contribution is 2.38. The number of sulfonamides is 1. The minimum atomic E-state index is -3.71. The van der Waals surface area contributed by atoms with Crippen LogP contribution in [0, 0.1) is 12.3 Å². The fourth-order valence-electron chi connectivity index (χ4n) is 1.14. The monoisotopic (exact) mass is 336 g/mol. The molecule has 0 heterocycles. The van der Waals surface area contributed by atoms with Gasteiger partial charge in [-0.2, -0.15) is 13.5 Å². The van der Waals surface area contributed by atoms with Crippen LogP contribution in [0.5, 0.6) is 0 Å². The van der Waals surface area contributed by atoms with Gasteiger partial charge in [0, 0.05) is 5.41 Å². The lowest BCUT2D eigenvalue weighted by atomic mass is 9.92. The van der Waals surface area contributed by atoms with Crippen LogP contribution in [0.4, 0.5) is 0 Å². The van der Waals surface area contributed by atoms with Crippen molar-refractivity contribution in [3.8, 4) is 0 Å². The lowest BCUT2D eigenvalue weighted by Crippen LogP contribution is -2.34. The first-order valence-electron chi connectivity index (χ1n) is 5.96. The zero-order valence-corrected chi connectivity index (χ0v) is 14.1. The van der Waals surface area contributed by atoms with E-state index in [1.807, 2.05) is 27.7 Å². The van der Waals surface area contributed by atoms with Crippen molar-refractivity contribution in [2.75, 3.05) is 0 Å². The molecule has 1 aromatic carbocycles. The van der Waals surface area contributed by atoms with Crippen LogP contribution in [0.1, 0.15) is 26.3 Å². The summed E-state index contributed by atoms with van der Waals surface area (Å²) in [6.07, 6.45) is 1.18. The molecular weight excluding hydrogens is 319 g/mol. The molecule has 0 unspecified atom stereocenters. The van der Waals surface area contributed by atoms with Gasteiger partial charge in [-0.25, -0.2) is 4.83 Å². The number of hydrazone groups is 1. The van der Waals surface area contributed by atoms with Gasteiger partial charge >= 0.3 is 0 Å². The largest absolute Gasteiger partial charge is 0.276 e. The molecule has 20 heavy (non-hydrogen) atoms. The van der Waals surface area contributed by atoms with Crippen molar-refractivity contribution < 1.29 is 8.42 Å². The summed E-state index contributed by atoms with van der Waals surface area (Å²) in [5.41, 5.74) is 0.496. The molecule has 0 fully saturated rings. The Morgan fingerprint density at radius 1 is 1.15 bits per heavy atom. The molecule has 1 rings (SSSR count). The summed E-state index contributed by atoms with van der Waals surface area (Å²) in [6, 6.07) is 6.43. The lowest BCUT2D eigenvalue weighted by molar-refractivity contribution is 0.415. The summed E-state index contributed by atoms with van der Waals surface area (Å²) < 4.78 is 22.7. The van der Waals surface area contributed by atoms with E-state index in [4.69, 9.17) is 23.2 Å². The molecule has 0 radical (unpaired) electrons. The molecule has 1 aromatic rings. The van der Waals surface area contributed by atoms with Gasteiger partial charge in [0.15, 0.2) is 4.33 Å². The van der Waals surface area contributed by atoms with Gasteiger partial charge in [-0.05, 0) is 19.1 Å². The molecule has 0 atom stereocenters. The molecule has 0 aliphatic heterocycles. The third kappa shape index (κ3) is 4.36. The highest BCUT2D eigenvalue weighted by Gasteiger charge is 2.36. The Bertz CT molecular complexity index is 588. The van der Waals surface area contributed by atoms with Gasteiger partial charge < -0.3 is 0 Å². The van der Waals surface area contributed by atoms with Crippen LogP contribution in [-0.2, 0) is 10.0 Å². The topological polar surface area (TPSA) is 58.5 Å². The number of rotatable bonds is 4. The average Bonchev–Trinajstić information content (AvgIpc) is 2.27. The van der Waals surface area contributed by atoms with Crippen LogP contribution < -0.4 is 4.83 Å². The van der Waals surface area contributed by atoms with Crippen LogP contribution in [0.15, 0.2) is 34.3 Å². The molecule has 0 bridgehead atoms. The molecule has 1 N–H and O–H groups in total. The molecule has 7 heteroatoms. The summed E-state index contributed by atoms with van der Waals surface area (Å²) in [5, 5.41) is 3.65. The van der Waals surface area contributed by atoms with E-state index >= 15 is 0 Å². The zero-order chi connectivity index (χ0) is 15.6. The predicted molar refractivity (Wildman–Crippen MR) is 83.9 cm³/mol. The number of nitrogens with zero attached hydrogens (tertiary/aromatic N) is 1. The number of nitrogens with one attached hydrogen (secondary N) is 1. The summed E-state index contributed by atoms with van der Waals surface area (Å²) in [6.45, 7) is 7.36. The Balaban J connectivity index is 2.86. The van der Waals surface area contributed by atoms with Gasteiger partial charge in [-0.15, -0.1) is 0 Å². The Labute approximate surface area is 130 Å². The van der Waals surface area contributed by atoms with Crippen LogP contribution in [0.3, 0.4) is 0 Å². The molecule has 0 saturated heterocycles. The number of aryl methyl sites for hydroxylation is 1. The molecule has 0 aliphatic carbocycles. The van der Waals surface area contributed by atoms with Crippen molar-refractivity contribution in [1.82, 2.24) is 4.83 Å². The Morgan fingerprint density at radius 3 is 2.10 bits per heavy atom. The van der Waals surface area contributed by atoms with Crippen LogP contribution in [-0.4, -0.2) is 19.0 Å². The SMILES string of the molecule is Cc1ccc(S(=O)(=O)N/N=C/C(Cl)(Cl)C(C)(C)C)cc1. The standard InChI is InChI=1S/C13H18Cl2N2O2S/c1-10-5-7-11(8-6-10)20(18,19)17-16-9-13(14,15)12(2,3)4/h5-9,17H,1-4H3/b16-9+. The van der Waals surface area contributed by atoms with E-state index in [1.54, 1.807) is 12.1 Å². The first-order chi connectivity index (χ1) is 8.96. The van der Waals surface area contributed by atoms with Crippen molar-refractivity contribution >= 4 is 39.4 Å². The van der Waals surface area contributed by atoms with Crippen molar-refractivity contribution in [1.29, 1.82) is 0 Å². The molecule has 0 aromatic heterocycles. The molecule has 0 spiro atoms. The number of alkyl halides is 2. The van der Waals surface area contributed by atoms with Gasteiger partial charge in [-0.1, -0.05) is 61.7 Å². The van der Waals surface area contributed by atoms with Crippen molar-refractivity contribution in [2.24, 2.45) is 10.5 Å².